The van der Waals surface area contributed by atoms with Crippen molar-refractivity contribution in [1.82, 2.24) is 19.6 Å². The van der Waals surface area contributed by atoms with E-state index in [2.05, 4.69) is 59.4 Å². The first-order chi connectivity index (χ1) is 22.3. The van der Waals surface area contributed by atoms with E-state index in [1.165, 1.54) is 5.56 Å². The van der Waals surface area contributed by atoms with Crippen LogP contribution in [0.1, 0.15) is 39.5 Å². The summed E-state index contributed by atoms with van der Waals surface area (Å²) in [6.07, 6.45) is 0.935. The standard InChI is InChI=1S/C36H46N6O4.CH4/c1-36(2,3)33-26-34(42(39-33)28-8-6-7-27(25-28)13-14-40-15-20-44-21-16-40)38-35(43)37-31-11-12-32(30-10-5-4-9-29(30)31)46-24-19-41-17-22-45-23-18-41;/h4-12,25-26H,13-24H2,1-3H3,(H2,37,38,43);1H4. The van der Waals surface area contributed by atoms with Gasteiger partial charge in [-0.1, -0.05) is 64.6 Å². The maximum absolute atomic E-state index is 13.5. The molecule has 2 aliphatic heterocycles. The molecule has 3 heterocycles. The van der Waals surface area contributed by atoms with Crippen molar-refractivity contribution in [2.24, 2.45) is 0 Å². The highest BCUT2D eigenvalue weighted by Gasteiger charge is 2.22. The zero-order valence-electron chi connectivity index (χ0n) is 27.3. The number of benzene rings is 3. The number of anilines is 2. The van der Waals surface area contributed by atoms with E-state index in [-0.39, 0.29) is 18.9 Å². The fourth-order valence-electron chi connectivity index (χ4n) is 5.87. The van der Waals surface area contributed by atoms with Gasteiger partial charge in [0.05, 0.1) is 43.5 Å². The Morgan fingerprint density at radius 3 is 2.21 bits per heavy atom. The van der Waals surface area contributed by atoms with Crippen molar-refractivity contribution >= 4 is 28.3 Å². The topological polar surface area (TPSA) is 93.1 Å². The summed E-state index contributed by atoms with van der Waals surface area (Å²) in [5.74, 6) is 1.41. The average molecular weight is 643 g/mol. The van der Waals surface area contributed by atoms with Crippen molar-refractivity contribution in [3.05, 3.63) is 78.0 Å². The number of carbonyl (C=O) groups is 1. The minimum absolute atomic E-state index is 0. The summed E-state index contributed by atoms with van der Waals surface area (Å²) in [7, 11) is 0. The molecule has 2 saturated heterocycles. The molecule has 0 aliphatic carbocycles. The molecule has 0 unspecified atom stereocenters. The van der Waals surface area contributed by atoms with Gasteiger partial charge in [0.15, 0.2) is 0 Å². The Morgan fingerprint density at radius 2 is 1.51 bits per heavy atom. The SMILES string of the molecule is C.CC(C)(C)c1cc(NC(=O)Nc2ccc(OCCN3CCOCC3)c3ccccc23)n(-c2cccc(CCN3CCOCC3)c2)n1. The van der Waals surface area contributed by atoms with Gasteiger partial charge in [-0.25, -0.2) is 9.48 Å². The molecule has 0 spiro atoms. The Hall–Kier alpha value is -3.96. The second-order valence-electron chi connectivity index (χ2n) is 13.0. The van der Waals surface area contributed by atoms with Gasteiger partial charge in [0.25, 0.3) is 0 Å². The summed E-state index contributed by atoms with van der Waals surface area (Å²) in [4.78, 5) is 18.3. The molecule has 2 N–H and O–H groups in total. The summed E-state index contributed by atoms with van der Waals surface area (Å²) in [6, 6.07) is 21.9. The van der Waals surface area contributed by atoms with Crippen LogP contribution in [0.25, 0.3) is 16.5 Å². The maximum Gasteiger partial charge on any atom is 0.324 e. The minimum atomic E-state index is -0.337. The van der Waals surface area contributed by atoms with Crippen LogP contribution in [0.2, 0.25) is 0 Å². The van der Waals surface area contributed by atoms with Crippen molar-refractivity contribution in [3.63, 3.8) is 0 Å². The van der Waals surface area contributed by atoms with Gasteiger partial charge in [-0.15, -0.1) is 0 Å². The smallest absolute Gasteiger partial charge is 0.324 e. The Morgan fingerprint density at radius 1 is 0.830 bits per heavy atom. The number of aromatic nitrogens is 2. The van der Waals surface area contributed by atoms with Crippen LogP contribution in [0.5, 0.6) is 5.75 Å². The third-order valence-electron chi connectivity index (χ3n) is 8.60. The van der Waals surface area contributed by atoms with Gasteiger partial charge in [-0.05, 0) is 36.2 Å². The van der Waals surface area contributed by atoms with Crippen LogP contribution in [-0.4, -0.2) is 97.9 Å². The number of hydrogen-bond donors (Lipinski definition) is 2. The van der Waals surface area contributed by atoms with Gasteiger partial charge in [0.1, 0.15) is 18.2 Å². The Kier molecular flexibility index (Phi) is 11.5. The number of morpholine rings is 2. The fourth-order valence-corrected chi connectivity index (χ4v) is 5.87. The Balaban J connectivity index is 0.00000433. The molecular formula is C37H50N6O4. The number of hydrogen-bond acceptors (Lipinski definition) is 7. The van der Waals surface area contributed by atoms with E-state index >= 15 is 0 Å². The number of amides is 2. The lowest BCUT2D eigenvalue weighted by atomic mass is 9.92. The summed E-state index contributed by atoms with van der Waals surface area (Å²) in [6.45, 7) is 15.7. The van der Waals surface area contributed by atoms with Crippen LogP contribution in [0, 0.1) is 0 Å². The highest BCUT2D eigenvalue weighted by atomic mass is 16.5. The number of nitrogens with zero attached hydrogens (tertiary/aromatic N) is 4. The molecule has 47 heavy (non-hydrogen) atoms. The first-order valence-corrected chi connectivity index (χ1v) is 16.4. The van der Waals surface area contributed by atoms with Crippen LogP contribution in [0.4, 0.5) is 16.3 Å². The lowest BCUT2D eigenvalue weighted by Gasteiger charge is -2.26. The monoisotopic (exact) mass is 642 g/mol. The molecule has 10 heteroatoms. The molecule has 1 aromatic heterocycles. The zero-order valence-corrected chi connectivity index (χ0v) is 27.3. The van der Waals surface area contributed by atoms with Crippen molar-refractivity contribution in [3.8, 4) is 11.4 Å². The zero-order chi connectivity index (χ0) is 31.9. The lowest BCUT2D eigenvalue weighted by molar-refractivity contribution is 0.0323. The van der Waals surface area contributed by atoms with Crippen molar-refractivity contribution in [2.75, 3.05) is 82.9 Å². The third kappa shape index (κ3) is 8.90. The summed E-state index contributed by atoms with van der Waals surface area (Å²) < 4.78 is 19.0. The number of rotatable bonds is 10. The van der Waals surface area contributed by atoms with Gasteiger partial charge in [-0.2, -0.15) is 5.10 Å². The average Bonchev–Trinajstić information content (AvgIpc) is 3.50. The highest BCUT2D eigenvalue weighted by molar-refractivity contribution is 6.07. The molecule has 0 atom stereocenters. The van der Waals surface area contributed by atoms with Gasteiger partial charge < -0.3 is 19.5 Å². The van der Waals surface area contributed by atoms with Crippen LogP contribution >= 0.6 is 0 Å². The first-order valence-electron chi connectivity index (χ1n) is 16.4. The minimum Gasteiger partial charge on any atom is -0.492 e. The molecule has 0 radical (unpaired) electrons. The first kappa shape index (κ1) is 34.4. The van der Waals surface area contributed by atoms with Gasteiger partial charge in [-0.3, -0.25) is 15.1 Å². The number of urea groups is 1. The lowest BCUT2D eigenvalue weighted by Crippen LogP contribution is -2.38. The van der Waals surface area contributed by atoms with E-state index in [0.29, 0.717) is 18.1 Å². The number of nitrogens with one attached hydrogen (secondary N) is 2. The molecule has 2 amide bonds. The summed E-state index contributed by atoms with van der Waals surface area (Å²) in [5, 5.41) is 13.0. The molecule has 6 rings (SSSR count). The number of carbonyl (C=O) groups excluding carboxylic acids is 1. The van der Waals surface area contributed by atoms with Crippen molar-refractivity contribution in [2.45, 2.75) is 40.0 Å². The molecular weight excluding hydrogens is 592 g/mol. The third-order valence-corrected chi connectivity index (χ3v) is 8.60. The van der Waals surface area contributed by atoms with E-state index < -0.39 is 0 Å². The Labute approximate surface area is 279 Å². The van der Waals surface area contributed by atoms with Crippen molar-refractivity contribution < 1.29 is 19.0 Å². The largest absolute Gasteiger partial charge is 0.492 e. The van der Waals surface area contributed by atoms with E-state index in [1.54, 1.807) is 0 Å². The van der Waals surface area contributed by atoms with E-state index in [1.807, 2.05) is 53.2 Å². The molecule has 2 aliphatic rings. The van der Waals surface area contributed by atoms with E-state index in [0.717, 1.165) is 100 Å². The van der Waals surface area contributed by atoms with Crippen molar-refractivity contribution in [1.29, 1.82) is 0 Å². The van der Waals surface area contributed by atoms with Gasteiger partial charge in [0, 0.05) is 61.5 Å². The Bertz CT molecular complexity index is 1620. The maximum atomic E-state index is 13.5. The molecule has 0 bridgehead atoms. The van der Waals surface area contributed by atoms with Crippen LogP contribution < -0.4 is 15.4 Å². The van der Waals surface area contributed by atoms with Gasteiger partial charge >= 0.3 is 6.03 Å². The number of fused-ring (bicyclic) bond motifs is 1. The molecule has 4 aromatic rings. The fraction of sp³-hybridized carbons (Fsp3) is 0.459. The predicted octanol–water partition coefficient (Wildman–Crippen LogP) is 6.19. The molecule has 10 nitrogen and oxygen atoms in total. The van der Waals surface area contributed by atoms with E-state index in [9.17, 15) is 4.79 Å². The van der Waals surface area contributed by atoms with Crippen LogP contribution in [0.3, 0.4) is 0 Å². The summed E-state index contributed by atoms with van der Waals surface area (Å²) in [5.41, 5.74) is 3.55. The van der Waals surface area contributed by atoms with Crippen LogP contribution in [0.15, 0.2) is 66.7 Å². The number of ether oxygens (including phenoxy) is 3. The molecule has 252 valence electrons. The quantitative estimate of drug-likeness (QED) is 0.213. The highest BCUT2D eigenvalue weighted by Crippen LogP contribution is 2.32. The second-order valence-corrected chi connectivity index (χ2v) is 13.0. The molecule has 3 aromatic carbocycles. The predicted molar refractivity (Wildman–Crippen MR) is 189 cm³/mol. The summed E-state index contributed by atoms with van der Waals surface area (Å²) >= 11 is 0. The van der Waals surface area contributed by atoms with Crippen LogP contribution in [-0.2, 0) is 21.3 Å². The normalized spacial score (nSPS) is 16.1. The second kappa shape index (κ2) is 15.8. The van der Waals surface area contributed by atoms with Gasteiger partial charge in [0.2, 0.25) is 0 Å². The van der Waals surface area contributed by atoms with E-state index in [4.69, 9.17) is 19.3 Å². The molecule has 0 saturated carbocycles. The molecule has 2 fully saturated rings.